The first-order valence-corrected chi connectivity index (χ1v) is 7.79. The van der Waals surface area contributed by atoms with Gasteiger partial charge in [0, 0.05) is 33.4 Å². The number of hydrogen-bond donors (Lipinski definition) is 2. The Morgan fingerprint density at radius 1 is 1.10 bits per heavy atom. The Bertz CT molecular complexity index is 233. The van der Waals surface area contributed by atoms with Crippen molar-refractivity contribution in [3.05, 3.63) is 0 Å². The third kappa shape index (κ3) is 13.6. The monoisotopic (exact) mass is 287 g/mol. The maximum absolute atomic E-state index is 5.42. The molecule has 0 bridgehead atoms. The molecule has 0 atom stereocenters. The van der Waals surface area contributed by atoms with E-state index in [1.54, 1.807) is 7.11 Å². The first kappa shape index (κ1) is 19.2. The van der Waals surface area contributed by atoms with E-state index in [1.807, 2.05) is 0 Å². The average molecular weight is 287 g/mol. The number of nitrogens with one attached hydrogen (secondary N) is 2. The molecule has 0 saturated heterocycles. The van der Waals surface area contributed by atoms with Gasteiger partial charge in [0.15, 0.2) is 5.96 Å². The quantitative estimate of drug-likeness (QED) is 0.328. The van der Waals surface area contributed by atoms with Crippen molar-refractivity contribution >= 4 is 5.96 Å². The molecule has 0 aliphatic carbocycles. The fourth-order valence-electron chi connectivity index (χ4n) is 1.57. The predicted molar refractivity (Wildman–Crippen MR) is 85.4 cm³/mol. The second-order valence-corrected chi connectivity index (χ2v) is 5.18. The third-order valence-electron chi connectivity index (χ3n) is 2.76. The van der Waals surface area contributed by atoms with Crippen LogP contribution in [0.15, 0.2) is 4.99 Å². The Kier molecular flexibility index (Phi) is 14.0. The lowest BCUT2D eigenvalue weighted by molar-refractivity contribution is 0.0690. The molecule has 0 fully saturated rings. The molecule has 0 heterocycles. The lowest BCUT2D eigenvalue weighted by atomic mass is 10.1. The highest BCUT2D eigenvalue weighted by atomic mass is 16.5. The molecule has 0 amide bonds. The smallest absolute Gasteiger partial charge is 0.191 e. The second kappa shape index (κ2) is 14.6. The highest BCUT2D eigenvalue weighted by molar-refractivity contribution is 5.79. The van der Waals surface area contributed by atoms with Crippen LogP contribution in [0.4, 0.5) is 0 Å². The fraction of sp³-hybridized carbons (Fsp3) is 0.933. The molecule has 0 aliphatic heterocycles. The van der Waals surface area contributed by atoms with Gasteiger partial charge in [-0.25, -0.2) is 0 Å². The minimum absolute atomic E-state index is 0.669. The average Bonchev–Trinajstić information content (AvgIpc) is 2.41. The number of ether oxygens (including phenoxy) is 2. The van der Waals surface area contributed by atoms with Gasteiger partial charge in [-0.15, -0.1) is 0 Å². The van der Waals surface area contributed by atoms with Crippen LogP contribution in [0.2, 0.25) is 0 Å². The van der Waals surface area contributed by atoms with Gasteiger partial charge >= 0.3 is 0 Å². The molecule has 0 radical (unpaired) electrons. The summed E-state index contributed by atoms with van der Waals surface area (Å²) in [5, 5.41) is 6.63. The van der Waals surface area contributed by atoms with Crippen molar-refractivity contribution in [1.29, 1.82) is 0 Å². The van der Waals surface area contributed by atoms with Crippen molar-refractivity contribution in [2.24, 2.45) is 10.9 Å². The highest BCUT2D eigenvalue weighted by Crippen LogP contribution is 1.96. The molecule has 0 spiro atoms. The number of methoxy groups -OCH3 is 1. The van der Waals surface area contributed by atoms with Gasteiger partial charge in [0.2, 0.25) is 0 Å². The molecule has 0 aromatic heterocycles. The molecule has 20 heavy (non-hydrogen) atoms. The zero-order valence-corrected chi connectivity index (χ0v) is 13.7. The molecule has 0 unspecified atom stereocenters. The van der Waals surface area contributed by atoms with E-state index >= 15 is 0 Å². The second-order valence-electron chi connectivity index (χ2n) is 5.18. The number of unbranched alkanes of at least 4 members (excludes halogenated alkanes) is 1. The van der Waals surface area contributed by atoms with E-state index in [2.05, 4.69) is 36.4 Å². The summed E-state index contributed by atoms with van der Waals surface area (Å²) in [5.74, 6) is 1.64. The van der Waals surface area contributed by atoms with Crippen molar-refractivity contribution < 1.29 is 9.47 Å². The zero-order chi connectivity index (χ0) is 15.1. The van der Waals surface area contributed by atoms with Crippen LogP contribution in [0, 0.1) is 5.92 Å². The van der Waals surface area contributed by atoms with E-state index in [4.69, 9.17) is 9.47 Å². The first-order valence-electron chi connectivity index (χ1n) is 7.79. The summed E-state index contributed by atoms with van der Waals surface area (Å²) in [6, 6.07) is 0. The van der Waals surface area contributed by atoms with Gasteiger partial charge in [0.1, 0.15) is 0 Å². The van der Waals surface area contributed by atoms with Gasteiger partial charge < -0.3 is 20.1 Å². The molecule has 5 heteroatoms. The molecule has 0 rings (SSSR count). The van der Waals surface area contributed by atoms with Gasteiger partial charge in [-0.1, -0.05) is 13.8 Å². The normalized spacial score (nSPS) is 11.9. The van der Waals surface area contributed by atoms with Crippen LogP contribution >= 0.6 is 0 Å². The summed E-state index contributed by atoms with van der Waals surface area (Å²) < 4.78 is 10.3. The topological polar surface area (TPSA) is 54.9 Å². The van der Waals surface area contributed by atoms with E-state index in [-0.39, 0.29) is 0 Å². The molecular weight excluding hydrogens is 254 g/mol. The Labute approximate surface area is 124 Å². The lowest BCUT2D eigenvalue weighted by Crippen LogP contribution is -2.38. The van der Waals surface area contributed by atoms with E-state index in [1.165, 1.54) is 0 Å². The van der Waals surface area contributed by atoms with Crippen molar-refractivity contribution in [1.82, 2.24) is 10.6 Å². The highest BCUT2D eigenvalue weighted by Gasteiger charge is 1.98. The van der Waals surface area contributed by atoms with Crippen molar-refractivity contribution in [2.45, 2.75) is 40.0 Å². The van der Waals surface area contributed by atoms with Gasteiger partial charge in [0.05, 0.1) is 13.2 Å². The van der Waals surface area contributed by atoms with Crippen LogP contribution in [0.25, 0.3) is 0 Å². The van der Waals surface area contributed by atoms with Crippen molar-refractivity contribution in [3.63, 3.8) is 0 Å². The molecule has 120 valence electrons. The lowest BCUT2D eigenvalue weighted by Gasteiger charge is -2.12. The van der Waals surface area contributed by atoms with Gasteiger partial charge in [-0.05, 0) is 32.1 Å². The third-order valence-corrected chi connectivity index (χ3v) is 2.76. The summed E-state index contributed by atoms with van der Waals surface area (Å²) in [6.45, 7) is 11.4. The van der Waals surface area contributed by atoms with Crippen LogP contribution in [-0.4, -0.2) is 52.5 Å². The summed E-state index contributed by atoms with van der Waals surface area (Å²) in [6.07, 6.45) is 3.25. The SMILES string of the molecule is CCNC(=NCCCCOCCOC)NCCC(C)C. The van der Waals surface area contributed by atoms with Crippen LogP contribution in [0.5, 0.6) is 0 Å². The molecule has 5 nitrogen and oxygen atoms in total. The Morgan fingerprint density at radius 2 is 1.90 bits per heavy atom. The molecule has 0 saturated carbocycles. The minimum Gasteiger partial charge on any atom is -0.382 e. The van der Waals surface area contributed by atoms with Crippen molar-refractivity contribution in [3.8, 4) is 0 Å². The van der Waals surface area contributed by atoms with Crippen LogP contribution in [0.1, 0.15) is 40.0 Å². The molecule has 0 aromatic rings. The van der Waals surface area contributed by atoms with Crippen molar-refractivity contribution in [2.75, 3.05) is 46.6 Å². The Morgan fingerprint density at radius 3 is 2.55 bits per heavy atom. The summed E-state index contributed by atoms with van der Waals surface area (Å²) in [5.41, 5.74) is 0. The molecule has 0 aromatic carbocycles. The molecule has 0 aliphatic rings. The number of aliphatic imine (C=N–C) groups is 1. The molecule has 2 N–H and O–H groups in total. The largest absolute Gasteiger partial charge is 0.382 e. The van der Waals surface area contributed by atoms with Crippen LogP contribution in [-0.2, 0) is 9.47 Å². The number of hydrogen-bond acceptors (Lipinski definition) is 3. The summed E-state index contributed by atoms with van der Waals surface area (Å²) in [4.78, 5) is 4.56. The Hall–Kier alpha value is -0.810. The summed E-state index contributed by atoms with van der Waals surface area (Å²) in [7, 11) is 1.69. The maximum Gasteiger partial charge on any atom is 0.191 e. The zero-order valence-electron chi connectivity index (χ0n) is 13.7. The summed E-state index contributed by atoms with van der Waals surface area (Å²) >= 11 is 0. The first-order chi connectivity index (χ1) is 9.70. The minimum atomic E-state index is 0.669. The van der Waals surface area contributed by atoms with Crippen LogP contribution < -0.4 is 10.6 Å². The van der Waals surface area contributed by atoms with E-state index in [0.29, 0.717) is 13.2 Å². The standard InChI is InChI=1S/C15H33N3O2/c1-5-16-15(18-10-8-14(2)3)17-9-6-7-11-20-13-12-19-4/h14H,5-13H2,1-4H3,(H2,16,17,18). The number of guanidine groups is 1. The van der Waals surface area contributed by atoms with Gasteiger partial charge in [-0.2, -0.15) is 0 Å². The number of nitrogens with zero attached hydrogens (tertiary/aromatic N) is 1. The van der Waals surface area contributed by atoms with E-state index in [9.17, 15) is 0 Å². The Balaban J connectivity index is 3.63. The van der Waals surface area contributed by atoms with E-state index in [0.717, 1.165) is 57.4 Å². The maximum atomic E-state index is 5.42. The molecular formula is C15H33N3O2. The van der Waals surface area contributed by atoms with E-state index < -0.39 is 0 Å². The fourth-order valence-corrected chi connectivity index (χ4v) is 1.57. The van der Waals surface area contributed by atoms with Gasteiger partial charge in [-0.3, -0.25) is 4.99 Å². The number of rotatable bonds is 12. The predicted octanol–water partition coefficient (Wildman–Crippen LogP) is 2.03. The van der Waals surface area contributed by atoms with Crippen LogP contribution in [0.3, 0.4) is 0 Å². The van der Waals surface area contributed by atoms with Gasteiger partial charge in [0.25, 0.3) is 0 Å².